The van der Waals surface area contributed by atoms with E-state index in [1.807, 2.05) is 0 Å². The standard InChI is InChI=1S/C15H22ClNO8S/c1-7(2)23-13(20)25-15(5,6)24-12(19)9-14(3,4)26(21,22)11-8(16)10(18)17(9)11/h7-9,11H,1-6H3/t8-,9-,11+/m0/s1. The summed E-state index contributed by atoms with van der Waals surface area (Å²) in [6, 6.07) is -1.40. The first-order chi connectivity index (χ1) is 11.6. The van der Waals surface area contributed by atoms with Crippen LogP contribution in [0.4, 0.5) is 4.79 Å². The number of amides is 1. The maximum Gasteiger partial charge on any atom is 0.511 e. The second kappa shape index (κ2) is 6.26. The number of nitrogens with zero attached hydrogens (tertiary/aromatic N) is 1. The Morgan fingerprint density at radius 3 is 2.27 bits per heavy atom. The minimum atomic E-state index is -3.90. The number of halogens is 1. The zero-order chi connectivity index (χ0) is 20.2. The van der Waals surface area contributed by atoms with Crippen LogP contribution >= 0.6 is 11.6 Å². The van der Waals surface area contributed by atoms with Crippen LogP contribution in [0.1, 0.15) is 41.5 Å². The van der Waals surface area contributed by atoms with Gasteiger partial charge in [-0.1, -0.05) is 0 Å². The molecule has 2 aliphatic rings. The number of ether oxygens (including phenoxy) is 3. The third kappa shape index (κ3) is 3.13. The zero-order valence-electron chi connectivity index (χ0n) is 15.3. The monoisotopic (exact) mass is 411 g/mol. The van der Waals surface area contributed by atoms with Crippen molar-refractivity contribution in [2.75, 3.05) is 0 Å². The predicted octanol–water partition coefficient (Wildman–Crippen LogP) is 1.18. The van der Waals surface area contributed by atoms with Crippen molar-refractivity contribution < 1.29 is 37.0 Å². The average molecular weight is 412 g/mol. The molecule has 0 radical (unpaired) electrons. The highest BCUT2D eigenvalue weighted by atomic mass is 35.5. The quantitative estimate of drug-likeness (QED) is 0.293. The number of hydrogen-bond donors (Lipinski definition) is 0. The van der Waals surface area contributed by atoms with E-state index in [9.17, 15) is 22.8 Å². The number of β-lactam (4-membered cyclic amide) rings is 1. The maximum absolute atomic E-state index is 12.7. The molecule has 2 heterocycles. The summed E-state index contributed by atoms with van der Waals surface area (Å²) in [5, 5.41) is -2.51. The zero-order valence-corrected chi connectivity index (χ0v) is 16.9. The Labute approximate surface area is 156 Å². The molecule has 1 amide bonds. The topological polar surface area (TPSA) is 116 Å². The van der Waals surface area contributed by atoms with Gasteiger partial charge in [-0.3, -0.25) is 4.79 Å². The Balaban J connectivity index is 2.21. The number of sulfone groups is 1. The van der Waals surface area contributed by atoms with Crippen molar-refractivity contribution in [3.8, 4) is 0 Å². The molecule has 3 atom stereocenters. The summed E-state index contributed by atoms with van der Waals surface area (Å²) in [4.78, 5) is 37.2. The first-order valence-corrected chi connectivity index (χ1v) is 9.94. The Bertz CT molecular complexity index is 745. The molecule has 2 aliphatic heterocycles. The van der Waals surface area contributed by atoms with E-state index < -0.39 is 61.3 Å². The summed E-state index contributed by atoms with van der Waals surface area (Å²) < 4.78 is 38.6. The van der Waals surface area contributed by atoms with Gasteiger partial charge in [-0.25, -0.2) is 18.0 Å². The molecule has 26 heavy (non-hydrogen) atoms. The molecule has 0 aromatic heterocycles. The lowest BCUT2D eigenvalue weighted by molar-refractivity contribution is -0.208. The van der Waals surface area contributed by atoms with Crippen LogP contribution in [-0.4, -0.2) is 64.8 Å². The van der Waals surface area contributed by atoms with Crippen LogP contribution in [0, 0.1) is 0 Å². The lowest BCUT2D eigenvalue weighted by Crippen LogP contribution is -2.65. The lowest BCUT2D eigenvalue weighted by Gasteiger charge is -2.40. The van der Waals surface area contributed by atoms with Crippen LogP contribution < -0.4 is 0 Å². The molecule has 2 rings (SSSR count). The van der Waals surface area contributed by atoms with E-state index in [2.05, 4.69) is 0 Å². The van der Waals surface area contributed by atoms with Gasteiger partial charge in [0.05, 0.1) is 6.10 Å². The molecule has 0 bridgehead atoms. The fourth-order valence-corrected chi connectivity index (χ4v) is 5.70. The van der Waals surface area contributed by atoms with Crippen molar-refractivity contribution >= 4 is 39.5 Å². The molecule has 0 N–H and O–H groups in total. The second-order valence-corrected chi connectivity index (χ2v) is 10.5. The van der Waals surface area contributed by atoms with Gasteiger partial charge in [0.1, 0.15) is 16.2 Å². The van der Waals surface area contributed by atoms with Gasteiger partial charge in [-0.05, 0) is 27.7 Å². The summed E-state index contributed by atoms with van der Waals surface area (Å²) in [5.41, 5.74) is 0. The highest BCUT2D eigenvalue weighted by Crippen LogP contribution is 2.48. The van der Waals surface area contributed by atoms with E-state index in [1.54, 1.807) is 13.8 Å². The molecule has 2 fully saturated rings. The van der Waals surface area contributed by atoms with Crippen molar-refractivity contribution in [3.63, 3.8) is 0 Å². The number of rotatable bonds is 4. The molecule has 11 heteroatoms. The fraction of sp³-hybridized carbons (Fsp3) is 0.800. The highest BCUT2D eigenvalue weighted by molar-refractivity contribution is 7.94. The van der Waals surface area contributed by atoms with Crippen LogP contribution in [0.2, 0.25) is 0 Å². The molecule has 148 valence electrons. The van der Waals surface area contributed by atoms with Gasteiger partial charge in [-0.15, -0.1) is 11.6 Å². The van der Waals surface area contributed by atoms with Gasteiger partial charge < -0.3 is 19.1 Å². The number of carbonyl (C=O) groups excluding carboxylic acids is 3. The summed E-state index contributed by atoms with van der Waals surface area (Å²) >= 11 is 5.82. The van der Waals surface area contributed by atoms with Gasteiger partial charge in [-0.2, -0.15) is 0 Å². The molecule has 0 aliphatic carbocycles. The minimum Gasteiger partial charge on any atom is -0.431 e. The largest absolute Gasteiger partial charge is 0.511 e. The van der Waals surface area contributed by atoms with E-state index in [0.717, 1.165) is 4.90 Å². The summed E-state index contributed by atoms with van der Waals surface area (Å²) in [6.07, 6.45) is -1.48. The van der Waals surface area contributed by atoms with Crippen LogP contribution in [-0.2, 0) is 33.6 Å². The van der Waals surface area contributed by atoms with Gasteiger partial charge >= 0.3 is 12.1 Å². The van der Waals surface area contributed by atoms with Crippen molar-refractivity contribution in [1.29, 1.82) is 0 Å². The van der Waals surface area contributed by atoms with Crippen LogP contribution in [0.25, 0.3) is 0 Å². The van der Waals surface area contributed by atoms with Gasteiger partial charge in [0, 0.05) is 13.8 Å². The highest BCUT2D eigenvalue weighted by Gasteiger charge is 2.72. The number of alkyl halides is 1. The molecule has 0 unspecified atom stereocenters. The molecular weight excluding hydrogens is 390 g/mol. The Morgan fingerprint density at radius 2 is 1.77 bits per heavy atom. The molecule has 0 spiro atoms. The summed E-state index contributed by atoms with van der Waals surface area (Å²) in [5.74, 6) is -3.40. The Kier molecular flexibility index (Phi) is 5.00. The molecule has 0 aromatic rings. The number of esters is 1. The molecular formula is C15H22ClNO8S. The molecule has 9 nitrogen and oxygen atoms in total. The normalized spacial score (nSPS) is 29.0. The van der Waals surface area contributed by atoms with Crippen LogP contribution in [0.3, 0.4) is 0 Å². The second-order valence-electron chi connectivity index (χ2n) is 7.43. The number of carbonyl (C=O) groups is 3. The Hall–Kier alpha value is -1.55. The first-order valence-electron chi connectivity index (χ1n) is 7.95. The van der Waals surface area contributed by atoms with Gasteiger partial charge in [0.25, 0.3) is 5.79 Å². The smallest absolute Gasteiger partial charge is 0.431 e. The summed E-state index contributed by atoms with van der Waals surface area (Å²) in [7, 11) is -3.90. The van der Waals surface area contributed by atoms with E-state index in [0.29, 0.717) is 0 Å². The predicted molar refractivity (Wildman–Crippen MR) is 89.9 cm³/mol. The van der Waals surface area contributed by atoms with Crippen molar-refractivity contribution in [2.45, 2.75) is 75.0 Å². The van der Waals surface area contributed by atoms with E-state index >= 15 is 0 Å². The lowest BCUT2D eigenvalue weighted by atomic mass is 9.98. The number of fused-ring (bicyclic) bond motifs is 1. The van der Waals surface area contributed by atoms with Crippen molar-refractivity contribution in [2.24, 2.45) is 0 Å². The van der Waals surface area contributed by atoms with Crippen LogP contribution in [0.15, 0.2) is 0 Å². The minimum absolute atomic E-state index is 0.437. The SMILES string of the molecule is CC(C)OC(=O)OC(C)(C)OC(=O)[C@@H]1N2C(=O)[C@H](Cl)[C@H]2S(=O)(=O)C1(C)C. The molecule has 2 saturated heterocycles. The average Bonchev–Trinajstić information content (AvgIpc) is 2.57. The third-order valence-corrected chi connectivity index (χ3v) is 7.63. The molecule has 0 saturated carbocycles. The van der Waals surface area contributed by atoms with E-state index in [-0.39, 0.29) is 0 Å². The third-order valence-electron chi connectivity index (χ3n) is 4.23. The Morgan fingerprint density at radius 1 is 1.23 bits per heavy atom. The first kappa shape index (κ1) is 20.8. The number of hydrogen-bond acceptors (Lipinski definition) is 8. The van der Waals surface area contributed by atoms with Crippen molar-refractivity contribution in [3.05, 3.63) is 0 Å². The fourth-order valence-electron chi connectivity index (χ4n) is 2.96. The van der Waals surface area contributed by atoms with Gasteiger partial charge in [0.2, 0.25) is 5.91 Å². The maximum atomic E-state index is 12.7. The van der Waals surface area contributed by atoms with Gasteiger partial charge in [0.15, 0.2) is 15.2 Å². The van der Waals surface area contributed by atoms with Crippen LogP contribution in [0.5, 0.6) is 0 Å². The molecule has 0 aromatic carbocycles. The van der Waals surface area contributed by atoms with Crippen molar-refractivity contribution in [1.82, 2.24) is 4.90 Å². The van der Waals surface area contributed by atoms with E-state index in [4.69, 9.17) is 25.8 Å². The summed E-state index contributed by atoms with van der Waals surface area (Å²) in [6.45, 7) is 8.47. The van der Waals surface area contributed by atoms with E-state index in [1.165, 1.54) is 27.7 Å².